The maximum atomic E-state index is 4.55. The van der Waals surface area contributed by atoms with Crippen LogP contribution in [0.15, 0.2) is 0 Å². The maximum Gasteiger partial charge on any atom is 0.0900 e. The average Bonchev–Trinajstić information content (AvgIpc) is 2.60. The number of hydrogen-bond donors (Lipinski definition) is 1. The van der Waals surface area contributed by atoms with E-state index in [-0.39, 0.29) is 0 Å². The van der Waals surface area contributed by atoms with Gasteiger partial charge in [0.2, 0.25) is 0 Å². The molecule has 114 valence electrons. The Morgan fingerprint density at radius 1 is 1.35 bits per heavy atom. The molecule has 20 heavy (non-hydrogen) atoms. The Kier molecular flexibility index (Phi) is 6.00. The van der Waals surface area contributed by atoms with Crippen molar-refractivity contribution in [1.82, 2.24) is 15.2 Å². The van der Waals surface area contributed by atoms with Gasteiger partial charge in [-0.25, -0.2) is 4.98 Å². The van der Waals surface area contributed by atoms with Crippen LogP contribution in [0.4, 0.5) is 0 Å². The van der Waals surface area contributed by atoms with E-state index in [1.54, 1.807) is 0 Å². The first-order valence-electron chi connectivity index (χ1n) is 8.02. The fourth-order valence-corrected chi connectivity index (χ4v) is 4.18. The molecule has 1 aromatic rings. The van der Waals surface area contributed by atoms with E-state index in [4.69, 9.17) is 0 Å². The SMILES string of the molecule is CCCN1CCCC(NC(C)c2sc(C)nc2C)CC1. The van der Waals surface area contributed by atoms with E-state index in [2.05, 4.69) is 42.9 Å². The zero-order chi connectivity index (χ0) is 14.5. The van der Waals surface area contributed by atoms with Crippen LogP contribution in [0.25, 0.3) is 0 Å². The molecule has 1 aliphatic heterocycles. The van der Waals surface area contributed by atoms with E-state index >= 15 is 0 Å². The largest absolute Gasteiger partial charge is 0.307 e. The summed E-state index contributed by atoms with van der Waals surface area (Å²) in [5, 5.41) is 5.02. The van der Waals surface area contributed by atoms with Crippen molar-refractivity contribution in [1.29, 1.82) is 0 Å². The molecule has 0 bridgehead atoms. The number of aromatic nitrogens is 1. The minimum Gasteiger partial charge on any atom is -0.307 e. The summed E-state index contributed by atoms with van der Waals surface area (Å²) in [5.74, 6) is 0. The van der Waals surface area contributed by atoms with Gasteiger partial charge in [-0.15, -0.1) is 11.3 Å². The molecule has 4 heteroatoms. The number of aryl methyl sites for hydroxylation is 2. The normalized spacial score (nSPS) is 22.7. The van der Waals surface area contributed by atoms with Gasteiger partial charge in [-0.05, 0) is 66.1 Å². The first-order chi connectivity index (χ1) is 9.60. The minimum atomic E-state index is 0.434. The molecule has 3 nitrogen and oxygen atoms in total. The molecule has 1 N–H and O–H groups in total. The number of rotatable bonds is 5. The van der Waals surface area contributed by atoms with E-state index < -0.39 is 0 Å². The second-order valence-corrected chi connectivity index (χ2v) is 7.28. The summed E-state index contributed by atoms with van der Waals surface area (Å²) in [6.45, 7) is 12.6. The van der Waals surface area contributed by atoms with Crippen LogP contribution in [0.2, 0.25) is 0 Å². The van der Waals surface area contributed by atoms with Gasteiger partial charge in [-0.3, -0.25) is 0 Å². The molecule has 0 amide bonds. The molecule has 2 unspecified atom stereocenters. The highest BCUT2D eigenvalue weighted by Crippen LogP contribution is 2.26. The fraction of sp³-hybridized carbons (Fsp3) is 0.812. The van der Waals surface area contributed by atoms with Crippen LogP contribution in [0, 0.1) is 13.8 Å². The van der Waals surface area contributed by atoms with Gasteiger partial charge in [0, 0.05) is 17.0 Å². The predicted octanol–water partition coefficient (Wildman–Crippen LogP) is 3.68. The zero-order valence-electron chi connectivity index (χ0n) is 13.4. The van der Waals surface area contributed by atoms with Gasteiger partial charge in [0.25, 0.3) is 0 Å². The monoisotopic (exact) mass is 295 g/mol. The fourth-order valence-electron chi connectivity index (χ4n) is 3.24. The lowest BCUT2D eigenvalue weighted by molar-refractivity contribution is 0.281. The van der Waals surface area contributed by atoms with E-state index in [0.717, 1.165) is 0 Å². The molecule has 1 fully saturated rings. The van der Waals surface area contributed by atoms with Crippen LogP contribution in [-0.2, 0) is 0 Å². The van der Waals surface area contributed by atoms with Crippen molar-refractivity contribution in [3.8, 4) is 0 Å². The highest BCUT2D eigenvalue weighted by Gasteiger charge is 2.20. The van der Waals surface area contributed by atoms with Crippen LogP contribution in [0.1, 0.15) is 61.2 Å². The number of hydrogen-bond acceptors (Lipinski definition) is 4. The van der Waals surface area contributed by atoms with Crippen LogP contribution in [0.3, 0.4) is 0 Å². The van der Waals surface area contributed by atoms with Crippen molar-refractivity contribution in [2.45, 2.75) is 65.5 Å². The topological polar surface area (TPSA) is 28.2 Å². The molecule has 2 heterocycles. The Hall–Kier alpha value is -0.450. The van der Waals surface area contributed by atoms with Gasteiger partial charge < -0.3 is 10.2 Å². The third kappa shape index (κ3) is 4.27. The molecule has 0 aliphatic carbocycles. The van der Waals surface area contributed by atoms with Crippen molar-refractivity contribution < 1.29 is 0 Å². The van der Waals surface area contributed by atoms with E-state index in [1.807, 2.05) is 11.3 Å². The zero-order valence-corrected chi connectivity index (χ0v) is 14.2. The standard InChI is InChI=1S/C16H29N3S/c1-5-9-19-10-6-7-15(8-11-19)18-13(3)16-12(2)17-14(4)20-16/h13,15,18H,5-11H2,1-4H3. The third-order valence-electron chi connectivity index (χ3n) is 4.18. The van der Waals surface area contributed by atoms with Gasteiger partial charge in [-0.1, -0.05) is 6.92 Å². The van der Waals surface area contributed by atoms with Crippen molar-refractivity contribution in [3.63, 3.8) is 0 Å². The van der Waals surface area contributed by atoms with Crippen molar-refractivity contribution >= 4 is 11.3 Å². The van der Waals surface area contributed by atoms with E-state index in [1.165, 1.54) is 60.9 Å². The molecule has 0 aromatic carbocycles. The summed E-state index contributed by atoms with van der Waals surface area (Å²) in [4.78, 5) is 8.58. The van der Waals surface area contributed by atoms with Gasteiger partial charge >= 0.3 is 0 Å². The molecule has 1 aromatic heterocycles. The average molecular weight is 295 g/mol. The highest BCUT2D eigenvalue weighted by molar-refractivity contribution is 7.11. The molecule has 2 atom stereocenters. The number of thiazole rings is 1. The lowest BCUT2D eigenvalue weighted by atomic mass is 10.1. The Bertz CT molecular complexity index is 416. The molecule has 2 rings (SSSR count). The smallest absolute Gasteiger partial charge is 0.0900 e. The van der Waals surface area contributed by atoms with E-state index in [9.17, 15) is 0 Å². The second kappa shape index (κ2) is 7.53. The summed E-state index contributed by atoms with van der Waals surface area (Å²) in [6.07, 6.45) is 5.18. The Labute approximate surface area is 127 Å². The second-order valence-electron chi connectivity index (χ2n) is 6.04. The molecule has 1 saturated heterocycles. The van der Waals surface area contributed by atoms with Gasteiger partial charge in [0.15, 0.2) is 0 Å². The lowest BCUT2D eigenvalue weighted by Gasteiger charge is -2.22. The van der Waals surface area contributed by atoms with Crippen LogP contribution in [-0.4, -0.2) is 35.6 Å². The molecule has 0 spiro atoms. The first kappa shape index (κ1) is 15.9. The Morgan fingerprint density at radius 2 is 2.15 bits per heavy atom. The molecule has 0 radical (unpaired) electrons. The van der Waals surface area contributed by atoms with Crippen molar-refractivity contribution in [2.24, 2.45) is 0 Å². The Morgan fingerprint density at radius 3 is 2.80 bits per heavy atom. The van der Waals surface area contributed by atoms with Crippen molar-refractivity contribution in [2.75, 3.05) is 19.6 Å². The molecular formula is C16H29N3S. The minimum absolute atomic E-state index is 0.434. The van der Waals surface area contributed by atoms with Crippen LogP contribution >= 0.6 is 11.3 Å². The molecule has 1 aliphatic rings. The highest BCUT2D eigenvalue weighted by atomic mass is 32.1. The summed E-state index contributed by atoms with van der Waals surface area (Å²) in [5.41, 5.74) is 1.20. The quantitative estimate of drug-likeness (QED) is 0.898. The van der Waals surface area contributed by atoms with Crippen LogP contribution < -0.4 is 5.32 Å². The number of nitrogens with one attached hydrogen (secondary N) is 1. The lowest BCUT2D eigenvalue weighted by Crippen LogP contribution is -2.33. The number of likely N-dealkylation sites (tertiary alicyclic amines) is 1. The van der Waals surface area contributed by atoms with E-state index in [0.29, 0.717) is 12.1 Å². The molecule has 0 saturated carbocycles. The molecular weight excluding hydrogens is 266 g/mol. The first-order valence-corrected chi connectivity index (χ1v) is 8.84. The van der Waals surface area contributed by atoms with Gasteiger partial charge in [0.1, 0.15) is 0 Å². The third-order valence-corrected chi connectivity index (χ3v) is 5.43. The van der Waals surface area contributed by atoms with Crippen molar-refractivity contribution in [3.05, 3.63) is 15.6 Å². The predicted molar refractivity (Wildman–Crippen MR) is 87.5 cm³/mol. The Balaban J connectivity index is 1.88. The number of nitrogens with zero attached hydrogens (tertiary/aromatic N) is 2. The van der Waals surface area contributed by atoms with Gasteiger partial charge in [-0.2, -0.15) is 0 Å². The summed E-state index contributed by atoms with van der Waals surface area (Å²) in [7, 11) is 0. The summed E-state index contributed by atoms with van der Waals surface area (Å²) >= 11 is 1.84. The van der Waals surface area contributed by atoms with Gasteiger partial charge in [0.05, 0.1) is 10.7 Å². The maximum absolute atomic E-state index is 4.55. The summed E-state index contributed by atoms with van der Waals surface area (Å²) in [6, 6.07) is 1.09. The van der Waals surface area contributed by atoms with Crippen LogP contribution in [0.5, 0.6) is 0 Å². The summed E-state index contributed by atoms with van der Waals surface area (Å²) < 4.78 is 0.